The van der Waals surface area contributed by atoms with Gasteiger partial charge in [0.05, 0.1) is 30.5 Å². The van der Waals surface area contributed by atoms with Crippen molar-refractivity contribution in [2.75, 3.05) is 25.6 Å². The lowest BCUT2D eigenvalue weighted by molar-refractivity contribution is -0.0437. The Morgan fingerprint density at radius 1 is 0.972 bits per heavy atom. The minimum absolute atomic E-state index is 0.263. The Kier molecular flexibility index (Phi) is 6.52. The van der Waals surface area contributed by atoms with Crippen molar-refractivity contribution in [2.24, 2.45) is 0 Å². The van der Waals surface area contributed by atoms with Crippen molar-refractivity contribution >= 4 is 44.4 Å². The molecule has 7 nitrogen and oxygen atoms in total. The number of nitrogens with zero attached hydrogens (tertiary/aromatic N) is 2. The fourth-order valence-electron chi connectivity index (χ4n) is 3.91. The van der Waals surface area contributed by atoms with Gasteiger partial charge in [-0.1, -0.05) is 18.2 Å². The Hall–Kier alpha value is -3.50. The molecule has 5 aromatic rings. The SMILES string of the molecule is COc1ccc(COc2cccc(Nc3ncnc4cc(-c5cc(C6OCCO6)cs5)sc34)c2)cc1. The largest absolute Gasteiger partial charge is 0.497 e. The van der Waals surface area contributed by atoms with Crippen molar-refractivity contribution in [1.29, 1.82) is 0 Å². The molecule has 36 heavy (non-hydrogen) atoms. The van der Waals surface area contributed by atoms with E-state index in [-0.39, 0.29) is 6.29 Å². The van der Waals surface area contributed by atoms with Crippen LogP contribution in [0.2, 0.25) is 0 Å². The Bertz CT molecular complexity index is 1480. The van der Waals surface area contributed by atoms with Gasteiger partial charge >= 0.3 is 0 Å². The lowest BCUT2D eigenvalue weighted by atomic mass is 10.2. The Morgan fingerprint density at radius 2 is 1.83 bits per heavy atom. The van der Waals surface area contributed by atoms with Crippen LogP contribution in [0.15, 0.2) is 72.4 Å². The molecule has 0 atom stereocenters. The molecule has 0 radical (unpaired) electrons. The molecule has 0 bridgehead atoms. The maximum absolute atomic E-state index is 6.01. The number of methoxy groups -OCH3 is 1. The van der Waals surface area contributed by atoms with Gasteiger partial charge in [-0.15, -0.1) is 22.7 Å². The van der Waals surface area contributed by atoms with E-state index in [1.807, 2.05) is 48.5 Å². The van der Waals surface area contributed by atoms with Crippen LogP contribution >= 0.6 is 22.7 Å². The van der Waals surface area contributed by atoms with Crippen LogP contribution in [-0.2, 0) is 16.1 Å². The van der Waals surface area contributed by atoms with Crippen LogP contribution in [0.25, 0.3) is 20.0 Å². The van der Waals surface area contributed by atoms with E-state index in [2.05, 4.69) is 32.8 Å². The molecule has 2 aromatic carbocycles. The van der Waals surface area contributed by atoms with Gasteiger partial charge in [0.1, 0.15) is 24.4 Å². The van der Waals surface area contributed by atoms with Crippen molar-refractivity contribution in [1.82, 2.24) is 9.97 Å². The smallest absolute Gasteiger partial charge is 0.184 e. The molecule has 0 unspecified atom stereocenters. The lowest BCUT2D eigenvalue weighted by Crippen LogP contribution is -1.97. The molecular weight excluding hydrogens is 494 g/mol. The summed E-state index contributed by atoms with van der Waals surface area (Å²) in [4.78, 5) is 11.3. The van der Waals surface area contributed by atoms with Crippen LogP contribution in [0.3, 0.4) is 0 Å². The first-order chi connectivity index (χ1) is 17.7. The van der Waals surface area contributed by atoms with Crippen LogP contribution in [-0.4, -0.2) is 30.3 Å². The summed E-state index contributed by atoms with van der Waals surface area (Å²) < 4.78 is 23.5. The van der Waals surface area contributed by atoms with Crippen molar-refractivity contribution in [3.63, 3.8) is 0 Å². The summed E-state index contributed by atoms with van der Waals surface area (Å²) in [7, 11) is 1.66. The van der Waals surface area contributed by atoms with Gasteiger partial charge in [-0.05, 0) is 47.3 Å². The third-order valence-electron chi connectivity index (χ3n) is 5.73. The van der Waals surface area contributed by atoms with Gasteiger partial charge in [0.2, 0.25) is 0 Å². The van der Waals surface area contributed by atoms with E-state index in [9.17, 15) is 0 Å². The zero-order valence-electron chi connectivity index (χ0n) is 19.5. The molecule has 9 heteroatoms. The quantitative estimate of drug-likeness (QED) is 0.243. The van der Waals surface area contributed by atoms with E-state index in [0.717, 1.165) is 54.1 Å². The highest BCUT2D eigenvalue weighted by Gasteiger charge is 2.21. The average molecular weight is 518 g/mol. The monoisotopic (exact) mass is 517 g/mol. The molecule has 1 fully saturated rings. The predicted molar refractivity (Wildman–Crippen MR) is 142 cm³/mol. The normalized spacial score (nSPS) is 13.8. The molecule has 1 N–H and O–H groups in total. The summed E-state index contributed by atoms with van der Waals surface area (Å²) in [6.07, 6.45) is 1.33. The van der Waals surface area contributed by atoms with Crippen molar-refractivity contribution in [2.45, 2.75) is 12.9 Å². The van der Waals surface area contributed by atoms with Crippen molar-refractivity contribution in [3.05, 3.63) is 83.5 Å². The Labute approximate surface area is 216 Å². The van der Waals surface area contributed by atoms with Crippen LogP contribution in [0.4, 0.5) is 11.5 Å². The standard InChI is InChI=1S/C27H23N3O4S2/c1-31-20-7-5-17(6-8-20)14-34-21-4-2-3-19(12-21)30-26-25-22(28-16-29-26)13-24(36-25)23-11-18(15-35-23)27-32-9-10-33-27/h2-8,11-13,15-16,27H,9-10,14H2,1H3,(H,28,29,30). The molecular formula is C27H23N3O4S2. The minimum Gasteiger partial charge on any atom is -0.497 e. The van der Waals surface area contributed by atoms with Crippen molar-refractivity contribution < 1.29 is 18.9 Å². The van der Waals surface area contributed by atoms with E-state index in [0.29, 0.717) is 19.8 Å². The van der Waals surface area contributed by atoms with Gasteiger partial charge in [-0.25, -0.2) is 9.97 Å². The van der Waals surface area contributed by atoms with Crippen molar-refractivity contribution in [3.8, 4) is 21.3 Å². The molecule has 1 saturated heterocycles. The molecule has 0 saturated carbocycles. The van der Waals surface area contributed by atoms with E-state index >= 15 is 0 Å². The summed E-state index contributed by atoms with van der Waals surface area (Å²) in [6, 6.07) is 20.0. The first kappa shape index (κ1) is 22.9. The van der Waals surface area contributed by atoms with Gasteiger partial charge in [0.15, 0.2) is 12.1 Å². The predicted octanol–water partition coefficient (Wildman–Crippen LogP) is 6.80. The first-order valence-corrected chi connectivity index (χ1v) is 13.1. The number of hydrogen-bond donors (Lipinski definition) is 1. The molecule has 1 aliphatic heterocycles. The summed E-state index contributed by atoms with van der Waals surface area (Å²) in [5, 5.41) is 5.54. The highest BCUT2D eigenvalue weighted by Crippen LogP contribution is 2.40. The van der Waals surface area contributed by atoms with E-state index in [4.69, 9.17) is 18.9 Å². The van der Waals surface area contributed by atoms with E-state index in [1.54, 1.807) is 36.1 Å². The second-order valence-corrected chi connectivity index (χ2v) is 10.1. The summed E-state index contributed by atoms with van der Waals surface area (Å²) >= 11 is 3.35. The lowest BCUT2D eigenvalue weighted by Gasteiger charge is -2.10. The molecule has 0 aliphatic carbocycles. The fourth-order valence-corrected chi connectivity index (χ4v) is 5.97. The number of ether oxygens (including phenoxy) is 4. The molecule has 0 amide bonds. The molecule has 182 valence electrons. The van der Waals surface area contributed by atoms with Gasteiger partial charge in [-0.3, -0.25) is 0 Å². The number of benzene rings is 2. The van der Waals surface area contributed by atoms with Gasteiger partial charge < -0.3 is 24.3 Å². The van der Waals surface area contributed by atoms with E-state index in [1.165, 1.54) is 0 Å². The van der Waals surface area contributed by atoms with Crippen LogP contribution in [0, 0.1) is 0 Å². The maximum Gasteiger partial charge on any atom is 0.184 e. The number of nitrogens with one attached hydrogen (secondary N) is 1. The Balaban J connectivity index is 1.19. The summed E-state index contributed by atoms with van der Waals surface area (Å²) in [6.45, 7) is 1.74. The summed E-state index contributed by atoms with van der Waals surface area (Å²) in [5.41, 5.74) is 3.93. The zero-order chi connectivity index (χ0) is 24.3. The number of thiophene rings is 2. The number of aromatic nitrogens is 2. The maximum atomic E-state index is 6.01. The van der Waals surface area contributed by atoms with Gasteiger partial charge in [0, 0.05) is 27.1 Å². The highest BCUT2D eigenvalue weighted by atomic mass is 32.1. The Morgan fingerprint density at radius 3 is 2.67 bits per heavy atom. The van der Waals surface area contributed by atoms with Crippen LogP contribution in [0.5, 0.6) is 11.5 Å². The van der Waals surface area contributed by atoms with Gasteiger partial charge in [0.25, 0.3) is 0 Å². The second kappa shape index (κ2) is 10.2. The second-order valence-electron chi connectivity index (χ2n) is 8.15. The number of rotatable bonds is 8. The fraction of sp³-hybridized carbons (Fsp3) is 0.185. The third kappa shape index (κ3) is 4.91. The number of anilines is 2. The number of fused-ring (bicyclic) bond motifs is 1. The van der Waals surface area contributed by atoms with Gasteiger partial charge in [-0.2, -0.15) is 0 Å². The first-order valence-electron chi connectivity index (χ1n) is 11.4. The van der Waals surface area contributed by atoms with Crippen LogP contribution in [0.1, 0.15) is 17.4 Å². The highest BCUT2D eigenvalue weighted by molar-refractivity contribution is 7.26. The molecule has 3 aromatic heterocycles. The summed E-state index contributed by atoms with van der Waals surface area (Å²) in [5.74, 6) is 2.37. The number of hydrogen-bond acceptors (Lipinski definition) is 9. The average Bonchev–Trinajstić information content (AvgIpc) is 3.68. The topological polar surface area (TPSA) is 74.7 Å². The molecule has 4 heterocycles. The third-order valence-corrected chi connectivity index (χ3v) is 8.00. The minimum atomic E-state index is -0.263. The van der Waals surface area contributed by atoms with E-state index < -0.39 is 0 Å². The zero-order valence-corrected chi connectivity index (χ0v) is 21.1. The molecule has 6 rings (SSSR count). The molecule has 1 aliphatic rings. The van der Waals surface area contributed by atoms with Crippen LogP contribution < -0.4 is 14.8 Å². The molecule has 0 spiro atoms.